The smallest absolute Gasteiger partial charge is 0.0336 e. The van der Waals surface area contributed by atoms with Crippen molar-refractivity contribution in [2.75, 3.05) is 6.26 Å². The summed E-state index contributed by atoms with van der Waals surface area (Å²) < 4.78 is 13.0. The Bertz CT molecular complexity index is 2200. The standard InChI is InChI=1S/C13H14.C12H18.C11H16OS.C11H16.C9H11Br/c1-10(2)12-9-5-7-11-6-3-4-8-13(11)12;1-9(2)11-7-5-6-8-12(11)10(3)4;1-9(2)10-7-5-6-8-11(10)13(3,4)12;1-8(2)11-9(3)6-5-7-10(11)4;1-7(2)8-4-3-5-9(10)6-8/h3-10H,1-2H3;5-10H,1-4H3;5-9H,3H2,1-2,4H3;5-8H,1-4H3;3-7H,1-2H3. The van der Waals surface area contributed by atoms with Gasteiger partial charge < -0.3 is 0 Å². The van der Waals surface area contributed by atoms with Crippen molar-refractivity contribution in [3.05, 3.63) is 182 Å². The summed E-state index contributed by atoms with van der Waals surface area (Å²) in [4.78, 5) is 0.894. The van der Waals surface area contributed by atoms with Crippen molar-refractivity contribution in [2.45, 2.75) is 137 Å². The highest BCUT2D eigenvalue weighted by atomic mass is 79.9. The van der Waals surface area contributed by atoms with Gasteiger partial charge in [-0.3, -0.25) is 4.21 Å². The molecule has 0 N–H and O–H groups in total. The Labute approximate surface area is 370 Å². The molecule has 1 nitrogen and oxygen atoms in total. The minimum absolute atomic E-state index is 0.402. The van der Waals surface area contributed by atoms with E-state index in [9.17, 15) is 4.21 Å². The molecule has 318 valence electrons. The van der Waals surface area contributed by atoms with Gasteiger partial charge in [-0.25, -0.2) is 0 Å². The SMILES string of the molecule is C=S(C)(=O)c1ccccc1C(C)C.CC(C)c1cccc(Br)c1.CC(C)c1cccc2ccccc12.CC(C)c1ccccc1C(C)C.Cc1cccc(C)c1C(C)C. The molecule has 0 fully saturated rings. The number of rotatable bonds is 7. The maximum absolute atomic E-state index is 11.8. The van der Waals surface area contributed by atoms with Crippen LogP contribution in [0, 0.1) is 13.8 Å². The molecule has 6 aromatic rings. The zero-order valence-corrected chi connectivity index (χ0v) is 41.5. The molecule has 0 aromatic heterocycles. The van der Waals surface area contributed by atoms with E-state index in [2.05, 4.69) is 222 Å². The van der Waals surface area contributed by atoms with Gasteiger partial charge in [-0.05, 0) is 138 Å². The van der Waals surface area contributed by atoms with Crippen LogP contribution in [0.1, 0.15) is 163 Å². The van der Waals surface area contributed by atoms with Gasteiger partial charge in [0, 0.05) is 15.6 Å². The Morgan fingerprint density at radius 1 is 0.458 bits per heavy atom. The number of fused-ring (bicyclic) bond motifs is 1. The number of aryl methyl sites for hydroxylation is 2. The predicted molar refractivity (Wildman–Crippen MR) is 271 cm³/mol. The van der Waals surface area contributed by atoms with Crippen molar-refractivity contribution in [3.63, 3.8) is 0 Å². The Morgan fingerprint density at radius 3 is 1.27 bits per heavy atom. The topological polar surface area (TPSA) is 17.1 Å². The van der Waals surface area contributed by atoms with Crippen LogP contribution in [0.3, 0.4) is 0 Å². The number of halogens is 1. The van der Waals surface area contributed by atoms with Crippen molar-refractivity contribution in [3.8, 4) is 0 Å². The molecule has 0 spiro atoms. The second-order valence-electron chi connectivity index (χ2n) is 17.5. The van der Waals surface area contributed by atoms with Gasteiger partial charge in [-0.15, -0.1) is 0 Å². The van der Waals surface area contributed by atoms with Crippen LogP contribution in [-0.4, -0.2) is 16.3 Å². The summed E-state index contributed by atoms with van der Waals surface area (Å²) in [7, 11) is -2.08. The van der Waals surface area contributed by atoms with Crippen molar-refractivity contribution in [1.29, 1.82) is 0 Å². The quantitative estimate of drug-likeness (QED) is 0.146. The van der Waals surface area contributed by atoms with Gasteiger partial charge in [0.05, 0.1) is 0 Å². The van der Waals surface area contributed by atoms with Gasteiger partial charge in [-0.2, -0.15) is 0 Å². The maximum Gasteiger partial charge on any atom is 0.0336 e. The molecule has 0 radical (unpaired) electrons. The summed E-state index contributed by atoms with van der Waals surface area (Å²) in [5, 5.41) is 2.73. The van der Waals surface area contributed by atoms with E-state index in [0.717, 1.165) is 10.5 Å². The van der Waals surface area contributed by atoms with E-state index in [1.54, 1.807) is 6.26 Å². The van der Waals surface area contributed by atoms with E-state index in [0.29, 0.717) is 35.5 Å². The van der Waals surface area contributed by atoms with E-state index in [1.165, 1.54) is 54.2 Å². The van der Waals surface area contributed by atoms with Crippen LogP contribution in [0.25, 0.3) is 10.8 Å². The number of benzene rings is 6. The molecule has 1 unspecified atom stereocenters. The molecule has 0 amide bonds. The largest absolute Gasteiger partial charge is 0.263 e. The minimum atomic E-state index is -2.08. The fourth-order valence-electron chi connectivity index (χ4n) is 7.27. The summed E-state index contributed by atoms with van der Waals surface area (Å²) in [6.07, 6.45) is 1.69. The summed E-state index contributed by atoms with van der Waals surface area (Å²) >= 11 is 3.43. The van der Waals surface area contributed by atoms with Gasteiger partial charge >= 0.3 is 0 Å². The Morgan fingerprint density at radius 2 is 0.864 bits per heavy atom. The molecule has 0 aliphatic rings. The van der Waals surface area contributed by atoms with E-state index < -0.39 is 9.52 Å². The predicted octanol–water partition coefficient (Wildman–Crippen LogP) is 17.4. The molecular formula is C56H75BrOS. The third-order valence-corrected chi connectivity index (χ3v) is 12.1. The normalized spacial score (nSPS) is 11.9. The first kappa shape index (κ1) is 51.2. The molecule has 0 aliphatic carbocycles. The number of hydrogen-bond acceptors (Lipinski definition) is 1. The highest BCUT2D eigenvalue weighted by Crippen LogP contribution is 2.27. The zero-order valence-electron chi connectivity index (χ0n) is 39.1. The first-order chi connectivity index (χ1) is 27.7. The summed E-state index contributed by atoms with van der Waals surface area (Å²) in [5.41, 5.74) is 11.3. The maximum atomic E-state index is 11.8. The fraction of sp³-hybridized carbons (Fsp3) is 0.375. The first-order valence-corrected chi connectivity index (χ1v) is 24.4. The van der Waals surface area contributed by atoms with Crippen LogP contribution in [0.15, 0.2) is 143 Å². The van der Waals surface area contributed by atoms with Gasteiger partial charge in [0.2, 0.25) is 0 Å². The van der Waals surface area contributed by atoms with E-state index in [4.69, 9.17) is 0 Å². The fourth-order valence-corrected chi connectivity index (χ4v) is 8.86. The van der Waals surface area contributed by atoms with Crippen LogP contribution in [0.4, 0.5) is 0 Å². The Kier molecular flexibility index (Phi) is 21.7. The average molecular weight is 876 g/mol. The molecule has 6 aromatic carbocycles. The lowest BCUT2D eigenvalue weighted by molar-refractivity contribution is 0.682. The van der Waals surface area contributed by atoms with Crippen molar-refractivity contribution >= 4 is 42.1 Å². The summed E-state index contributed by atoms with van der Waals surface area (Å²) in [6, 6.07) is 46.5. The third-order valence-electron chi connectivity index (χ3n) is 10.3. The first-order valence-electron chi connectivity index (χ1n) is 21.5. The van der Waals surface area contributed by atoms with Crippen LogP contribution >= 0.6 is 15.9 Å². The van der Waals surface area contributed by atoms with Crippen molar-refractivity contribution in [1.82, 2.24) is 0 Å². The minimum Gasteiger partial charge on any atom is -0.263 e. The molecule has 3 heteroatoms. The molecule has 1 atom stereocenters. The molecule has 0 saturated carbocycles. The molecule has 0 saturated heterocycles. The van der Waals surface area contributed by atoms with Gasteiger partial charge in [0.1, 0.15) is 0 Å². The second kappa shape index (κ2) is 25.0. The average Bonchev–Trinajstić information content (AvgIpc) is 3.18. The molecular weight excluding hydrogens is 801 g/mol. The van der Waals surface area contributed by atoms with Crippen LogP contribution in [0.5, 0.6) is 0 Å². The number of hydrogen-bond donors (Lipinski definition) is 0. The van der Waals surface area contributed by atoms with Gasteiger partial charge in [0.15, 0.2) is 0 Å². The zero-order chi connectivity index (χ0) is 44.4. The van der Waals surface area contributed by atoms with Gasteiger partial charge in [0.25, 0.3) is 0 Å². The monoisotopic (exact) mass is 874 g/mol. The van der Waals surface area contributed by atoms with Crippen molar-refractivity contribution < 1.29 is 4.21 Å². The summed E-state index contributed by atoms with van der Waals surface area (Å²) in [6.45, 7) is 30.9. The van der Waals surface area contributed by atoms with Crippen LogP contribution < -0.4 is 0 Å². The molecule has 0 aliphatic heterocycles. The third kappa shape index (κ3) is 16.9. The lowest BCUT2D eigenvalue weighted by atomic mass is 9.91. The lowest BCUT2D eigenvalue weighted by Crippen LogP contribution is -2.02. The van der Waals surface area contributed by atoms with Crippen LogP contribution in [0.2, 0.25) is 0 Å². The van der Waals surface area contributed by atoms with E-state index in [1.807, 2.05) is 30.3 Å². The van der Waals surface area contributed by atoms with Crippen molar-refractivity contribution in [2.24, 2.45) is 0 Å². The van der Waals surface area contributed by atoms with E-state index >= 15 is 0 Å². The summed E-state index contributed by atoms with van der Waals surface area (Å²) in [5.74, 6) is 7.27. The highest BCUT2D eigenvalue weighted by molar-refractivity contribution is 9.10. The lowest BCUT2D eigenvalue weighted by Gasteiger charge is -2.14. The van der Waals surface area contributed by atoms with Crippen LogP contribution in [-0.2, 0) is 9.52 Å². The molecule has 0 heterocycles. The highest BCUT2D eigenvalue weighted by Gasteiger charge is 2.10. The Balaban J connectivity index is 0.000000255. The second-order valence-corrected chi connectivity index (χ2v) is 20.9. The molecule has 0 bridgehead atoms. The van der Waals surface area contributed by atoms with Gasteiger partial charge in [-0.1, -0.05) is 214 Å². The molecule has 6 rings (SSSR count). The molecule has 59 heavy (non-hydrogen) atoms. The van der Waals surface area contributed by atoms with E-state index in [-0.39, 0.29) is 0 Å². The Hall–Kier alpha value is -3.92.